The molecule has 0 radical (unpaired) electrons. The van der Waals surface area contributed by atoms with Crippen LogP contribution in [0.4, 0.5) is 0 Å². The van der Waals surface area contributed by atoms with Crippen LogP contribution in [0.15, 0.2) is 66.4 Å². The predicted molar refractivity (Wildman–Crippen MR) is 96.2 cm³/mol. The van der Waals surface area contributed by atoms with Gasteiger partial charge in [0.2, 0.25) is 0 Å². The van der Waals surface area contributed by atoms with Crippen molar-refractivity contribution < 1.29 is 4.74 Å². The van der Waals surface area contributed by atoms with Crippen molar-refractivity contribution >= 4 is 5.57 Å². The number of terminal acetylenes is 1. The lowest BCUT2D eigenvalue weighted by molar-refractivity contribution is 0.357. The number of rotatable bonds is 3. The topological polar surface area (TPSA) is 9.23 Å². The molecule has 0 N–H and O–H groups in total. The highest BCUT2D eigenvalue weighted by Gasteiger charge is 2.13. The van der Waals surface area contributed by atoms with Crippen molar-refractivity contribution in [3.8, 4) is 29.2 Å². The van der Waals surface area contributed by atoms with Gasteiger partial charge in [0, 0.05) is 17.6 Å². The molecule has 0 saturated carbocycles. The van der Waals surface area contributed by atoms with Gasteiger partial charge in [-0.05, 0) is 53.5 Å². The van der Waals surface area contributed by atoms with Gasteiger partial charge in [-0.1, -0.05) is 36.8 Å². The first-order valence-corrected chi connectivity index (χ1v) is 7.63. The van der Waals surface area contributed by atoms with Crippen molar-refractivity contribution in [3.05, 3.63) is 77.6 Å². The maximum absolute atomic E-state index is 5.58. The van der Waals surface area contributed by atoms with Crippen molar-refractivity contribution in [2.24, 2.45) is 0 Å². The third kappa shape index (κ3) is 2.99. The molecule has 1 heteroatoms. The summed E-state index contributed by atoms with van der Waals surface area (Å²) < 4.78 is 5.58. The molecule has 1 aliphatic heterocycles. The molecular formula is C22H18O. The van der Waals surface area contributed by atoms with E-state index in [1.54, 1.807) is 0 Å². The van der Waals surface area contributed by atoms with E-state index in [4.69, 9.17) is 11.2 Å². The fourth-order valence-electron chi connectivity index (χ4n) is 2.82. The quantitative estimate of drug-likeness (QED) is 0.438. The summed E-state index contributed by atoms with van der Waals surface area (Å²) in [4.78, 5) is 0. The van der Waals surface area contributed by atoms with E-state index < -0.39 is 0 Å². The molecule has 0 unspecified atom stereocenters. The largest absolute Gasteiger partial charge is 0.493 e. The highest BCUT2D eigenvalue weighted by atomic mass is 16.5. The molecule has 0 amide bonds. The summed E-state index contributed by atoms with van der Waals surface area (Å²) in [5.74, 6) is 3.71. The minimum Gasteiger partial charge on any atom is -0.493 e. The summed E-state index contributed by atoms with van der Waals surface area (Å²) in [6, 6.07) is 14.7. The molecule has 112 valence electrons. The Hall–Kier alpha value is -2.94. The van der Waals surface area contributed by atoms with E-state index in [0.29, 0.717) is 0 Å². The third-order valence-corrected chi connectivity index (χ3v) is 4.06. The van der Waals surface area contributed by atoms with Gasteiger partial charge in [0.1, 0.15) is 5.75 Å². The highest BCUT2D eigenvalue weighted by Crippen LogP contribution is 2.32. The molecule has 0 spiro atoms. The SMILES string of the molecule is C#CC(C)=C(C=C=C)c1cccc(-c2ccc3c(c2)CCO3)c1. The Morgan fingerprint density at radius 3 is 2.83 bits per heavy atom. The van der Waals surface area contributed by atoms with Crippen LogP contribution in [0.3, 0.4) is 0 Å². The summed E-state index contributed by atoms with van der Waals surface area (Å²) in [6.45, 7) is 6.37. The Labute approximate surface area is 137 Å². The number of hydrogen-bond acceptors (Lipinski definition) is 1. The maximum Gasteiger partial charge on any atom is 0.122 e. The smallest absolute Gasteiger partial charge is 0.122 e. The van der Waals surface area contributed by atoms with Gasteiger partial charge in [0.25, 0.3) is 0 Å². The highest BCUT2D eigenvalue weighted by molar-refractivity contribution is 5.81. The van der Waals surface area contributed by atoms with Gasteiger partial charge in [0.05, 0.1) is 6.61 Å². The Morgan fingerprint density at radius 2 is 2.04 bits per heavy atom. The number of fused-ring (bicyclic) bond motifs is 1. The first kappa shape index (κ1) is 15.0. The van der Waals surface area contributed by atoms with Gasteiger partial charge in [-0.2, -0.15) is 0 Å². The standard InChI is InChI=1S/C22H18O/c1-4-7-21(16(3)5-2)19-9-6-8-17(14-19)18-10-11-22-20(15-18)12-13-23-22/h2,6-11,14-15H,1,12-13H2,3H3. The molecule has 0 aromatic heterocycles. The molecule has 0 atom stereocenters. The molecule has 1 heterocycles. The van der Waals surface area contributed by atoms with Crippen LogP contribution in [-0.2, 0) is 6.42 Å². The van der Waals surface area contributed by atoms with Crippen molar-refractivity contribution in [3.63, 3.8) is 0 Å². The summed E-state index contributed by atoms with van der Waals surface area (Å²) in [7, 11) is 0. The van der Waals surface area contributed by atoms with Crippen LogP contribution in [0.1, 0.15) is 18.1 Å². The van der Waals surface area contributed by atoms with Crippen LogP contribution >= 0.6 is 0 Å². The second-order valence-electron chi connectivity index (χ2n) is 5.53. The van der Waals surface area contributed by atoms with Crippen LogP contribution in [0, 0.1) is 12.3 Å². The molecule has 2 aromatic carbocycles. The molecule has 3 rings (SSSR count). The zero-order valence-electron chi connectivity index (χ0n) is 13.2. The summed E-state index contributed by atoms with van der Waals surface area (Å²) in [6.07, 6.45) is 8.38. The average Bonchev–Trinajstić information content (AvgIpc) is 3.06. The van der Waals surface area contributed by atoms with E-state index in [2.05, 4.69) is 60.7 Å². The number of benzene rings is 2. The second kappa shape index (κ2) is 6.44. The lowest BCUT2D eigenvalue weighted by Crippen LogP contribution is -1.87. The van der Waals surface area contributed by atoms with Gasteiger partial charge >= 0.3 is 0 Å². The Morgan fingerprint density at radius 1 is 1.22 bits per heavy atom. The lowest BCUT2D eigenvalue weighted by Gasteiger charge is -2.09. The fraction of sp³-hybridized carbons (Fsp3) is 0.136. The number of ether oxygens (including phenoxy) is 1. The third-order valence-electron chi connectivity index (χ3n) is 4.06. The second-order valence-corrected chi connectivity index (χ2v) is 5.53. The van der Waals surface area contributed by atoms with E-state index in [9.17, 15) is 0 Å². The summed E-state index contributed by atoms with van der Waals surface area (Å²) >= 11 is 0. The predicted octanol–water partition coefficient (Wildman–Crippen LogP) is 5.04. The molecule has 0 bridgehead atoms. The zero-order chi connectivity index (χ0) is 16.2. The van der Waals surface area contributed by atoms with Gasteiger partial charge in [-0.25, -0.2) is 0 Å². The number of allylic oxidation sites excluding steroid dienone is 3. The zero-order valence-corrected chi connectivity index (χ0v) is 13.2. The molecule has 0 aliphatic carbocycles. The van der Waals surface area contributed by atoms with Crippen molar-refractivity contribution in [1.82, 2.24) is 0 Å². The Bertz CT molecular complexity index is 871. The molecule has 1 nitrogen and oxygen atoms in total. The molecule has 0 fully saturated rings. The van der Waals surface area contributed by atoms with Gasteiger partial charge in [-0.15, -0.1) is 12.2 Å². The van der Waals surface area contributed by atoms with Crippen molar-refractivity contribution in [2.45, 2.75) is 13.3 Å². The van der Waals surface area contributed by atoms with Crippen LogP contribution < -0.4 is 4.74 Å². The van der Waals surface area contributed by atoms with E-state index in [0.717, 1.165) is 41.1 Å². The van der Waals surface area contributed by atoms with Crippen LogP contribution in [0.5, 0.6) is 5.75 Å². The van der Waals surface area contributed by atoms with E-state index >= 15 is 0 Å². The van der Waals surface area contributed by atoms with Gasteiger partial charge in [0.15, 0.2) is 0 Å². The summed E-state index contributed by atoms with van der Waals surface area (Å²) in [5, 5.41) is 0. The summed E-state index contributed by atoms with van der Waals surface area (Å²) in [5.41, 5.74) is 9.39. The van der Waals surface area contributed by atoms with Gasteiger partial charge < -0.3 is 4.74 Å². The van der Waals surface area contributed by atoms with Crippen molar-refractivity contribution in [2.75, 3.05) is 6.61 Å². The molecular weight excluding hydrogens is 280 g/mol. The van der Waals surface area contributed by atoms with Gasteiger partial charge in [-0.3, -0.25) is 0 Å². The molecule has 23 heavy (non-hydrogen) atoms. The van der Waals surface area contributed by atoms with Crippen LogP contribution in [0.2, 0.25) is 0 Å². The molecule has 0 saturated heterocycles. The normalized spacial score (nSPS) is 13.2. The van der Waals surface area contributed by atoms with Crippen LogP contribution in [0.25, 0.3) is 16.7 Å². The minimum atomic E-state index is 0.775. The molecule has 1 aliphatic rings. The molecule has 2 aromatic rings. The van der Waals surface area contributed by atoms with E-state index in [1.165, 1.54) is 11.1 Å². The maximum atomic E-state index is 5.58. The van der Waals surface area contributed by atoms with Crippen molar-refractivity contribution in [1.29, 1.82) is 0 Å². The minimum absolute atomic E-state index is 0.775. The van der Waals surface area contributed by atoms with E-state index in [-0.39, 0.29) is 0 Å². The van der Waals surface area contributed by atoms with E-state index in [1.807, 2.05) is 13.0 Å². The Balaban J connectivity index is 2.07. The fourth-order valence-corrected chi connectivity index (χ4v) is 2.82. The lowest BCUT2D eigenvalue weighted by atomic mass is 9.95. The first-order valence-electron chi connectivity index (χ1n) is 7.63. The monoisotopic (exact) mass is 298 g/mol. The Kier molecular flexibility index (Phi) is 4.20. The number of hydrogen-bond donors (Lipinski definition) is 0. The average molecular weight is 298 g/mol. The first-order chi connectivity index (χ1) is 11.2. The van der Waals surface area contributed by atoms with Crippen LogP contribution in [-0.4, -0.2) is 6.61 Å².